The molecule has 0 unspecified atom stereocenters. The predicted molar refractivity (Wildman–Crippen MR) is 84.8 cm³/mol. The minimum absolute atomic E-state index is 0.188. The van der Waals surface area contributed by atoms with E-state index in [1.54, 1.807) is 12.1 Å². The molecular weight excluding hydrogens is 279 g/mol. The van der Waals surface area contributed by atoms with Crippen LogP contribution >= 0.6 is 0 Å². The monoisotopic (exact) mass is 304 g/mol. The molecule has 2 aliphatic carbocycles. The minimum atomic E-state index is -0.210. The Morgan fingerprint density at radius 3 is 2.73 bits per heavy atom. The van der Waals surface area contributed by atoms with Crippen LogP contribution in [0, 0.1) is 11.7 Å². The van der Waals surface area contributed by atoms with Crippen LogP contribution in [0.1, 0.15) is 44.1 Å². The summed E-state index contributed by atoms with van der Waals surface area (Å²) >= 11 is 0. The van der Waals surface area contributed by atoms with E-state index in [0.29, 0.717) is 24.9 Å². The second kappa shape index (κ2) is 6.78. The first-order valence-corrected chi connectivity index (χ1v) is 8.43. The Balaban J connectivity index is 1.56. The van der Waals surface area contributed by atoms with Gasteiger partial charge in [-0.3, -0.25) is 4.79 Å². The molecular formula is C18H25FN2O. The average molecular weight is 304 g/mol. The zero-order valence-corrected chi connectivity index (χ0v) is 13.0. The Kier molecular flexibility index (Phi) is 4.77. The number of nitrogens with two attached hydrogens (primary N) is 1. The zero-order valence-electron chi connectivity index (χ0n) is 13.0. The highest BCUT2D eigenvalue weighted by atomic mass is 19.1. The first-order valence-electron chi connectivity index (χ1n) is 8.43. The van der Waals surface area contributed by atoms with E-state index in [4.69, 9.17) is 5.73 Å². The lowest BCUT2D eigenvalue weighted by atomic mass is 9.99. The summed E-state index contributed by atoms with van der Waals surface area (Å²) in [7, 11) is 0. The molecule has 120 valence electrons. The number of hydrogen-bond donors (Lipinski definition) is 1. The molecule has 3 rings (SSSR count). The summed E-state index contributed by atoms with van der Waals surface area (Å²) in [5.41, 5.74) is 7.04. The first kappa shape index (κ1) is 15.5. The van der Waals surface area contributed by atoms with Gasteiger partial charge in [-0.2, -0.15) is 0 Å². The highest BCUT2D eigenvalue weighted by molar-refractivity contribution is 5.77. The van der Waals surface area contributed by atoms with E-state index in [-0.39, 0.29) is 17.8 Å². The number of halogens is 1. The van der Waals surface area contributed by atoms with Crippen LogP contribution < -0.4 is 5.73 Å². The minimum Gasteiger partial charge on any atom is -0.339 e. The molecule has 0 heterocycles. The lowest BCUT2D eigenvalue weighted by Crippen LogP contribution is -2.38. The highest BCUT2D eigenvalue weighted by Crippen LogP contribution is 2.31. The summed E-state index contributed by atoms with van der Waals surface area (Å²) in [6, 6.07) is 7.25. The van der Waals surface area contributed by atoms with Crippen LogP contribution in [-0.4, -0.2) is 29.4 Å². The number of hydrogen-bond acceptors (Lipinski definition) is 2. The van der Waals surface area contributed by atoms with Crippen LogP contribution in [0.3, 0.4) is 0 Å². The summed E-state index contributed by atoms with van der Waals surface area (Å²) in [4.78, 5) is 14.6. The molecule has 2 atom stereocenters. The Bertz CT molecular complexity index is 530. The summed E-state index contributed by atoms with van der Waals surface area (Å²) in [5.74, 6) is 0.378. The Morgan fingerprint density at radius 1 is 1.27 bits per heavy atom. The summed E-state index contributed by atoms with van der Waals surface area (Å²) in [6.45, 7) is 0.689. The van der Waals surface area contributed by atoms with Gasteiger partial charge in [0.25, 0.3) is 0 Å². The van der Waals surface area contributed by atoms with E-state index in [1.165, 1.54) is 6.07 Å². The van der Waals surface area contributed by atoms with Crippen molar-refractivity contribution in [2.75, 3.05) is 6.54 Å². The molecule has 0 radical (unpaired) electrons. The summed E-state index contributed by atoms with van der Waals surface area (Å²) in [5, 5.41) is 0. The topological polar surface area (TPSA) is 46.3 Å². The second-order valence-corrected chi connectivity index (χ2v) is 6.76. The molecule has 0 spiro atoms. The maximum Gasteiger partial charge on any atom is 0.223 e. The Hall–Kier alpha value is -1.42. The number of carbonyl (C=O) groups is 1. The molecule has 0 bridgehead atoms. The maximum atomic E-state index is 13.2. The molecule has 2 N–H and O–H groups in total. The third-order valence-corrected chi connectivity index (χ3v) is 4.99. The normalized spacial score (nSPS) is 24.5. The van der Waals surface area contributed by atoms with Gasteiger partial charge in [-0.25, -0.2) is 4.39 Å². The van der Waals surface area contributed by atoms with E-state index >= 15 is 0 Å². The number of nitrogens with zero attached hydrogens (tertiary/aromatic N) is 1. The van der Waals surface area contributed by atoms with E-state index in [9.17, 15) is 9.18 Å². The lowest BCUT2D eigenvalue weighted by molar-refractivity contribution is -0.132. The standard InChI is InChI=1S/C18H25FN2O/c19-15-5-1-3-13(11-15)9-10-21(16-7-8-16)18(22)12-14-4-2-6-17(14)20/h1,3,5,11,14,16-17H,2,4,6-10,12,20H2/t14-,17+/m0/s1. The quantitative estimate of drug-likeness (QED) is 0.878. The van der Waals surface area contributed by atoms with E-state index in [2.05, 4.69) is 0 Å². The largest absolute Gasteiger partial charge is 0.339 e. The third kappa shape index (κ3) is 3.86. The van der Waals surface area contributed by atoms with Crippen LogP contribution in [0.15, 0.2) is 24.3 Å². The fraction of sp³-hybridized carbons (Fsp3) is 0.611. The van der Waals surface area contributed by atoms with Gasteiger partial charge in [-0.05, 0) is 55.7 Å². The van der Waals surface area contributed by atoms with Gasteiger partial charge in [-0.15, -0.1) is 0 Å². The molecule has 3 nitrogen and oxygen atoms in total. The summed E-state index contributed by atoms with van der Waals surface area (Å²) in [6.07, 6.45) is 6.78. The van der Waals surface area contributed by atoms with Crippen LogP contribution in [0.4, 0.5) is 4.39 Å². The fourth-order valence-corrected chi connectivity index (χ4v) is 3.50. The third-order valence-electron chi connectivity index (χ3n) is 4.99. The van der Waals surface area contributed by atoms with Crippen molar-refractivity contribution in [1.82, 2.24) is 4.90 Å². The molecule has 0 aromatic heterocycles. The van der Waals surface area contributed by atoms with Crippen LogP contribution in [0.25, 0.3) is 0 Å². The molecule has 2 aliphatic rings. The average Bonchev–Trinajstić information content (AvgIpc) is 3.24. The number of carbonyl (C=O) groups excluding carboxylic acids is 1. The number of amides is 1. The van der Waals surface area contributed by atoms with Gasteiger partial charge in [-0.1, -0.05) is 18.6 Å². The van der Waals surface area contributed by atoms with Gasteiger partial charge in [0.2, 0.25) is 5.91 Å². The molecule has 4 heteroatoms. The molecule has 0 aliphatic heterocycles. The number of rotatable bonds is 6. The van der Waals surface area contributed by atoms with Gasteiger partial charge in [0, 0.05) is 25.0 Å². The fourth-order valence-electron chi connectivity index (χ4n) is 3.50. The van der Waals surface area contributed by atoms with E-state index in [1.807, 2.05) is 11.0 Å². The SMILES string of the molecule is N[C@@H]1CCC[C@H]1CC(=O)N(CCc1cccc(F)c1)C1CC1. The molecule has 1 amide bonds. The second-order valence-electron chi connectivity index (χ2n) is 6.76. The smallest absolute Gasteiger partial charge is 0.223 e. The van der Waals surface area contributed by atoms with Crippen LogP contribution in [0.5, 0.6) is 0 Å². The van der Waals surface area contributed by atoms with Gasteiger partial charge in [0.15, 0.2) is 0 Å². The van der Waals surface area contributed by atoms with Crippen LogP contribution in [-0.2, 0) is 11.2 Å². The number of benzene rings is 1. The van der Waals surface area contributed by atoms with E-state index < -0.39 is 0 Å². The van der Waals surface area contributed by atoms with Gasteiger partial charge >= 0.3 is 0 Å². The van der Waals surface area contributed by atoms with Crippen molar-refractivity contribution in [3.05, 3.63) is 35.6 Å². The highest BCUT2D eigenvalue weighted by Gasteiger charge is 2.34. The predicted octanol–water partition coefficient (Wildman–Crippen LogP) is 2.88. The molecule has 1 aromatic rings. The Morgan fingerprint density at radius 2 is 2.09 bits per heavy atom. The maximum absolute atomic E-state index is 13.2. The molecule has 22 heavy (non-hydrogen) atoms. The molecule has 1 aromatic carbocycles. The van der Waals surface area contributed by atoms with Gasteiger partial charge in [0.05, 0.1) is 0 Å². The van der Waals surface area contributed by atoms with Crippen molar-refractivity contribution in [1.29, 1.82) is 0 Å². The van der Waals surface area contributed by atoms with E-state index in [0.717, 1.165) is 44.1 Å². The van der Waals surface area contributed by atoms with Crippen LogP contribution in [0.2, 0.25) is 0 Å². The van der Waals surface area contributed by atoms with Gasteiger partial charge < -0.3 is 10.6 Å². The molecule has 2 fully saturated rings. The van der Waals surface area contributed by atoms with Gasteiger partial charge in [0.1, 0.15) is 5.82 Å². The van der Waals surface area contributed by atoms with Crippen molar-refractivity contribution in [2.24, 2.45) is 11.7 Å². The van der Waals surface area contributed by atoms with Crippen molar-refractivity contribution in [2.45, 2.75) is 57.0 Å². The van der Waals surface area contributed by atoms with Crippen molar-refractivity contribution >= 4 is 5.91 Å². The zero-order chi connectivity index (χ0) is 15.5. The van der Waals surface area contributed by atoms with Crippen molar-refractivity contribution < 1.29 is 9.18 Å². The lowest BCUT2D eigenvalue weighted by Gasteiger charge is -2.25. The Labute approximate surface area is 131 Å². The molecule has 2 saturated carbocycles. The molecule has 0 saturated heterocycles. The van der Waals surface area contributed by atoms with Crippen molar-refractivity contribution in [3.8, 4) is 0 Å². The first-order chi connectivity index (χ1) is 10.6. The summed E-state index contributed by atoms with van der Waals surface area (Å²) < 4.78 is 13.2. The van der Waals surface area contributed by atoms with Crippen molar-refractivity contribution in [3.63, 3.8) is 0 Å².